The standard InChI is InChI=1S/C22H31N5O4/c1-31-14-13-26(18(28)16-25-11-7-2-3-8-12-25)19-20(23)27(22(30)24-21(19)29)15-17-9-5-4-6-10-17/h4-6,9-10H,2-3,7-8,11-16,23H2,1H3,(H,24,29,30). The molecule has 2 aromatic rings. The summed E-state index contributed by atoms with van der Waals surface area (Å²) in [5.74, 6) is -0.265. The molecule has 1 aromatic carbocycles. The molecule has 0 unspecified atom stereocenters. The molecule has 0 atom stereocenters. The van der Waals surface area contributed by atoms with E-state index in [2.05, 4.69) is 9.88 Å². The minimum atomic E-state index is -0.674. The van der Waals surface area contributed by atoms with Gasteiger partial charge in [-0.05, 0) is 31.5 Å². The number of carbonyl (C=O) groups is 1. The van der Waals surface area contributed by atoms with Crippen molar-refractivity contribution >= 4 is 17.4 Å². The normalized spacial score (nSPS) is 14.9. The molecule has 1 aliphatic heterocycles. The van der Waals surface area contributed by atoms with Crippen molar-refractivity contribution < 1.29 is 9.53 Å². The lowest BCUT2D eigenvalue weighted by atomic mass is 10.2. The Balaban J connectivity index is 1.94. The summed E-state index contributed by atoms with van der Waals surface area (Å²) in [6.07, 6.45) is 4.43. The zero-order chi connectivity index (χ0) is 22.2. The summed E-state index contributed by atoms with van der Waals surface area (Å²) >= 11 is 0. The molecule has 168 valence electrons. The van der Waals surface area contributed by atoms with Gasteiger partial charge in [0, 0.05) is 13.7 Å². The van der Waals surface area contributed by atoms with Crippen LogP contribution in [0.25, 0.3) is 0 Å². The molecular formula is C22H31N5O4. The van der Waals surface area contributed by atoms with Gasteiger partial charge in [-0.1, -0.05) is 43.2 Å². The number of amides is 1. The number of carbonyl (C=O) groups excluding carboxylic acids is 1. The summed E-state index contributed by atoms with van der Waals surface area (Å²) in [4.78, 5) is 44.2. The smallest absolute Gasteiger partial charge is 0.330 e. The second kappa shape index (κ2) is 10.9. The first kappa shape index (κ1) is 22.8. The Labute approximate surface area is 181 Å². The third-order valence-electron chi connectivity index (χ3n) is 5.55. The van der Waals surface area contributed by atoms with Crippen molar-refractivity contribution in [1.82, 2.24) is 14.5 Å². The molecule has 0 radical (unpaired) electrons. The van der Waals surface area contributed by atoms with Gasteiger partial charge >= 0.3 is 5.69 Å². The summed E-state index contributed by atoms with van der Waals surface area (Å²) in [5.41, 5.74) is 5.86. The van der Waals surface area contributed by atoms with E-state index in [0.717, 1.165) is 44.3 Å². The number of benzene rings is 1. The zero-order valence-corrected chi connectivity index (χ0v) is 18.0. The number of hydrogen-bond acceptors (Lipinski definition) is 6. The third kappa shape index (κ3) is 5.83. The summed E-state index contributed by atoms with van der Waals surface area (Å²) in [6, 6.07) is 9.33. The molecule has 0 aliphatic carbocycles. The molecule has 3 N–H and O–H groups in total. The highest BCUT2D eigenvalue weighted by Gasteiger charge is 2.26. The summed E-state index contributed by atoms with van der Waals surface area (Å²) in [6.45, 7) is 2.49. The first-order chi connectivity index (χ1) is 15.0. The van der Waals surface area contributed by atoms with E-state index in [9.17, 15) is 14.4 Å². The van der Waals surface area contributed by atoms with E-state index in [1.54, 1.807) is 0 Å². The first-order valence-corrected chi connectivity index (χ1v) is 10.7. The molecule has 1 amide bonds. The van der Waals surface area contributed by atoms with Gasteiger partial charge in [0.05, 0.1) is 19.7 Å². The zero-order valence-electron chi connectivity index (χ0n) is 18.0. The van der Waals surface area contributed by atoms with Crippen LogP contribution in [0.4, 0.5) is 11.5 Å². The molecule has 9 heteroatoms. The number of methoxy groups -OCH3 is 1. The number of aromatic amines is 1. The highest BCUT2D eigenvalue weighted by molar-refractivity contribution is 5.96. The lowest BCUT2D eigenvalue weighted by Gasteiger charge is -2.27. The number of likely N-dealkylation sites (tertiary alicyclic amines) is 1. The Morgan fingerprint density at radius 3 is 2.45 bits per heavy atom. The van der Waals surface area contributed by atoms with E-state index in [-0.39, 0.29) is 43.7 Å². The maximum absolute atomic E-state index is 13.2. The SMILES string of the molecule is COCCN(C(=O)CN1CCCCCC1)c1c(N)n(Cc2ccccc2)c(=O)[nH]c1=O. The fourth-order valence-corrected chi connectivity index (χ4v) is 3.88. The largest absolute Gasteiger partial charge is 0.383 e. The molecule has 1 aliphatic rings. The quantitative estimate of drug-likeness (QED) is 0.648. The fraction of sp³-hybridized carbons (Fsp3) is 0.500. The van der Waals surface area contributed by atoms with Crippen molar-refractivity contribution in [3.63, 3.8) is 0 Å². The Hall–Kier alpha value is -2.91. The van der Waals surface area contributed by atoms with E-state index in [1.807, 2.05) is 30.3 Å². The number of nitrogen functional groups attached to an aromatic ring is 1. The predicted molar refractivity (Wildman–Crippen MR) is 120 cm³/mol. The number of nitrogens with two attached hydrogens (primary N) is 1. The number of H-pyrrole nitrogens is 1. The predicted octanol–water partition coefficient (Wildman–Crippen LogP) is 1.02. The van der Waals surface area contributed by atoms with Crippen LogP contribution in [0.5, 0.6) is 0 Å². The number of rotatable bonds is 8. The average Bonchev–Trinajstić information content (AvgIpc) is 3.02. The van der Waals surface area contributed by atoms with Crippen molar-refractivity contribution in [1.29, 1.82) is 0 Å². The highest BCUT2D eigenvalue weighted by atomic mass is 16.5. The van der Waals surface area contributed by atoms with Crippen molar-refractivity contribution in [3.05, 3.63) is 56.7 Å². The second-order valence-electron chi connectivity index (χ2n) is 7.79. The molecule has 1 saturated heterocycles. The van der Waals surface area contributed by atoms with Crippen LogP contribution in [0.15, 0.2) is 39.9 Å². The van der Waals surface area contributed by atoms with Crippen LogP contribution >= 0.6 is 0 Å². The number of nitrogens with zero attached hydrogens (tertiary/aromatic N) is 3. The van der Waals surface area contributed by atoms with E-state index in [0.29, 0.717) is 0 Å². The van der Waals surface area contributed by atoms with Gasteiger partial charge in [-0.2, -0.15) is 0 Å². The van der Waals surface area contributed by atoms with Crippen LogP contribution in [0.2, 0.25) is 0 Å². The van der Waals surface area contributed by atoms with Crippen molar-refractivity contribution in [2.24, 2.45) is 0 Å². The molecule has 2 heterocycles. The number of aromatic nitrogens is 2. The molecular weight excluding hydrogens is 398 g/mol. The lowest BCUT2D eigenvalue weighted by Crippen LogP contribution is -2.46. The topological polar surface area (TPSA) is 114 Å². The Morgan fingerprint density at radius 2 is 1.81 bits per heavy atom. The molecule has 0 spiro atoms. The molecule has 0 saturated carbocycles. The number of hydrogen-bond donors (Lipinski definition) is 2. The van der Waals surface area contributed by atoms with Crippen LogP contribution in [0, 0.1) is 0 Å². The van der Waals surface area contributed by atoms with E-state index < -0.39 is 11.2 Å². The fourth-order valence-electron chi connectivity index (χ4n) is 3.88. The molecule has 9 nitrogen and oxygen atoms in total. The minimum absolute atomic E-state index is 0.00703. The third-order valence-corrected chi connectivity index (χ3v) is 5.55. The summed E-state index contributed by atoms with van der Waals surface area (Å²) < 4.78 is 6.44. The Bertz CT molecular complexity index is 978. The van der Waals surface area contributed by atoms with Gasteiger partial charge in [-0.25, -0.2) is 4.79 Å². The number of ether oxygens (including phenoxy) is 1. The van der Waals surface area contributed by atoms with Gasteiger partial charge in [-0.15, -0.1) is 0 Å². The molecule has 3 rings (SSSR count). The minimum Gasteiger partial charge on any atom is -0.383 e. The first-order valence-electron chi connectivity index (χ1n) is 10.7. The highest BCUT2D eigenvalue weighted by Crippen LogP contribution is 2.19. The van der Waals surface area contributed by atoms with E-state index in [1.165, 1.54) is 16.6 Å². The van der Waals surface area contributed by atoms with Crippen molar-refractivity contribution in [3.8, 4) is 0 Å². The van der Waals surface area contributed by atoms with Crippen LogP contribution in [0.3, 0.4) is 0 Å². The molecule has 0 bridgehead atoms. The monoisotopic (exact) mass is 429 g/mol. The maximum atomic E-state index is 13.2. The Kier molecular flexibility index (Phi) is 8.02. The van der Waals surface area contributed by atoms with Crippen molar-refractivity contribution in [2.75, 3.05) is 50.5 Å². The van der Waals surface area contributed by atoms with Gasteiger partial charge in [0.15, 0.2) is 5.69 Å². The maximum Gasteiger partial charge on any atom is 0.330 e. The van der Waals surface area contributed by atoms with Crippen LogP contribution < -0.4 is 21.9 Å². The van der Waals surface area contributed by atoms with Crippen LogP contribution in [0.1, 0.15) is 31.2 Å². The molecule has 31 heavy (non-hydrogen) atoms. The summed E-state index contributed by atoms with van der Waals surface area (Å²) in [7, 11) is 1.53. The number of anilines is 2. The van der Waals surface area contributed by atoms with Gasteiger partial charge in [0.25, 0.3) is 5.56 Å². The van der Waals surface area contributed by atoms with Gasteiger partial charge in [0.1, 0.15) is 5.82 Å². The molecule has 1 fully saturated rings. The second-order valence-corrected chi connectivity index (χ2v) is 7.79. The Morgan fingerprint density at radius 1 is 1.13 bits per heavy atom. The van der Waals surface area contributed by atoms with Crippen LogP contribution in [-0.4, -0.2) is 60.3 Å². The van der Waals surface area contributed by atoms with Crippen LogP contribution in [-0.2, 0) is 16.1 Å². The lowest BCUT2D eigenvalue weighted by molar-refractivity contribution is -0.119. The van der Waals surface area contributed by atoms with E-state index >= 15 is 0 Å². The van der Waals surface area contributed by atoms with E-state index in [4.69, 9.17) is 10.5 Å². The molecule has 1 aromatic heterocycles. The van der Waals surface area contributed by atoms with Gasteiger partial charge < -0.3 is 15.4 Å². The van der Waals surface area contributed by atoms with Gasteiger partial charge in [-0.3, -0.25) is 24.0 Å². The average molecular weight is 430 g/mol. The summed E-state index contributed by atoms with van der Waals surface area (Å²) in [5, 5.41) is 0. The number of nitrogens with one attached hydrogen (secondary N) is 1. The van der Waals surface area contributed by atoms with Gasteiger partial charge in [0.2, 0.25) is 5.91 Å². The van der Waals surface area contributed by atoms with Crippen molar-refractivity contribution in [2.45, 2.75) is 32.2 Å².